The van der Waals surface area contributed by atoms with Crippen molar-refractivity contribution >= 4 is 0 Å². The van der Waals surface area contributed by atoms with Gasteiger partial charge in [0.2, 0.25) is 0 Å². The Kier molecular flexibility index (Phi) is 1.65. The summed E-state index contributed by atoms with van der Waals surface area (Å²) < 4.78 is 5.35. The average molecular weight is 160 g/mol. The molecule has 0 radical (unpaired) electrons. The quantitative estimate of drug-likeness (QED) is 0.566. The third-order valence-corrected chi connectivity index (χ3v) is 2.18. The zero-order valence-corrected chi connectivity index (χ0v) is 7.26. The Bertz CT molecular complexity index is 326. The van der Waals surface area contributed by atoms with E-state index in [0.717, 1.165) is 12.2 Å². The molecule has 0 saturated heterocycles. The molecule has 0 atom stereocenters. The first kappa shape index (κ1) is 7.41. The molecule has 2 rings (SSSR count). The topological polar surface area (TPSA) is 9.23 Å². The summed E-state index contributed by atoms with van der Waals surface area (Å²) in [6, 6.07) is 6.47. The van der Waals surface area contributed by atoms with Gasteiger partial charge in [0.15, 0.2) is 0 Å². The molecule has 1 aromatic rings. The number of fused-ring (bicyclic) bond motifs is 1. The minimum Gasteiger partial charge on any atom is -0.494 e. The van der Waals surface area contributed by atoms with Crippen LogP contribution in [0.4, 0.5) is 0 Å². The fraction of sp³-hybridized carbons (Fsp3) is 0.273. The van der Waals surface area contributed by atoms with Gasteiger partial charge in [-0.05, 0) is 18.1 Å². The number of aryl methyl sites for hydroxylation is 1. The molecule has 0 saturated carbocycles. The lowest BCUT2D eigenvalue weighted by Gasteiger charge is -2.19. The summed E-state index contributed by atoms with van der Waals surface area (Å²) in [7, 11) is 0. The summed E-state index contributed by atoms with van der Waals surface area (Å²) in [5, 5.41) is 0. The van der Waals surface area contributed by atoms with Crippen molar-refractivity contribution in [1.29, 1.82) is 0 Å². The van der Waals surface area contributed by atoms with Gasteiger partial charge in [-0.15, -0.1) is 0 Å². The van der Waals surface area contributed by atoms with Crippen molar-refractivity contribution < 1.29 is 4.74 Å². The van der Waals surface area contributed by atoms with Crippen molar-refractivity contribution in [1.82, 2.24) is 0 Å². The van der Waals surface area contributed by atoms with Crippen molar-refractivity contribution in [3.8, 4) is 0 Å². The summed E-state index contributed by atoms with van der Waals surface area (Å²) in [5.41, 5.74) is 3.97. The first-order valence-corrected chi connectivity index (χ1v) is 4.15. The fourth-order valence-corrected chi connectivity index (χ4v) is 1.50. The van der Waals surface area contributed by atoms with E-state index in [9.17, 15) is 0 Å². The molecule has 1 aromatic carbocycles. The van der Waals surface area contributed by atoms with Gasteiger partial charge in [0.25, 0.3) is 0 Å². The monoisotopic (exact) mass is 160 g/mol. The fourth-order valence-electron chi connectivity index (χ4n) is 1.50. The van der Waals surface area contributed by atoms with Crippen LogP contribution in [0.1, 0.15) is 16.7 Å². The number of hydrogen-bond donors (Lipinski definition) is 0. The van der Waals surface area contributed by atoms with Gasteiger partial charge in [0, 0.05) is 6.42 Å². The predicted octanol–water partition coefficient (Wildman–Crippen LogP) is 2.58. The summed E-state index contributed by atoms with van der Waals surface area (Å²) in [5.74, 6) is 0.883. The summed E-state index contributed by atoms with van der Waals surface area (Å²) in [6.07, 6.45) is 0.872. The standard InChI is InChI=1S/C11H12O/c1-8-3-4-10-7-12-9(2)6-11(10)5-8/h3-5H,2,6-7H2,1H3. The second-order valence-corrected chi connectivity index (χ2v) is 3.28. The third kappa shape index (κ3) is 1.22. The van der Waals surface area contributed by atoms with Gasteiger partial charge >= 0.3 is 0 Å². The predicted molar refractivity (Wildman–Crippen MR) is 48.8 cm³/mol. The second-order valence-electron chi connectivity index (χ2n) is 3.28. The van der Waals surface area contributed by atoms with E-state index < -0.39 is 0 Å². The van der Waals surface area contributed by atoms with E-state index in [1.54, 1.807) is 0 Å². The third-order valence-electron chi connectivity index (χ3n) is 2.18. The molecule has 1 nitrogen and oxygen atoms in total. The van der Waals surface area contributed by atoms with Crippen LogP contribution in [0.3, 0.4) is 0 Å². The number of hydrogen-bond acceptors (Lipinski definition) is 1. The minimum atomic E-state index is 0.689. The molecule has 0 amide bonds. The van der Waals surface area contributed by atoms with Crippen molar-refractivity contribution in [3.05, 3.63) is 47.2 Å². The lowest BCUT2D eigenvalue weighted by atomic mass is 10.00. The molecule has 1 aliphatic rings. The van der Waals surface area contributed by atoms with E-state index in [4.69, 9.17) is 4.74 Å². The largest absolute Gasteiger partial charge is 0.494 e. The van der Waals surface area contributed by atoms with Crippen LogP contribution in [0, 0.1) is 6.92 Å². The molecule has 1 heteroatoms. The van der Waals surface area contributed by atoms with Crippen LogP contribution < -0.4 is 0 Å². The Morgan fingerprint density at radius 1 is 1.33 bits per heavy atom. The summed E-state index contributed by atoms with van der Waals surface area (Å²) in [6.45, 7) is 6.62. The molecule has 0 spiro atoms. The SMILES string of the molecule is C=C1Cc2cc(C)ccc2CO1. The van der Waals surface area contributed by atoms with Gasteiger partial charge < -0.3 is 4.74 Å². The van der Waals surface area contributed by atoms with Crippen LogP contribution in [0.25, 0.3) is 0 Å². The van der Waals surface area contributed by atoms with Crippen molar-refractivity contribution in [2.45, 2.75) is 20.0 Å². The Morgan fingerprint density at radius 2 is 2.17 bits per heavy atom. The van der Waals surface area contributed by atoms with E-state index in [1.165, 1.54) is 16.7 Å². The highest BCUT2D eigenvalue weighted by Crippen LogP contribution is 2.22. The summed E-state index contributed by atoms with van der Waals surface area (Å²) in [4.78, 5) is 0. The van der Waals surface area contributed by atoms with E-state index in [0.29, 0.717) is 6.61 Å². The Balaban J connectivity index is 2.44. The lowest BCUT2D eigenvalue weighted by molar-refractivity contribution is 0.182. The number of ether oxygens (including phenoxy) is 1. The second kappa shape index (κ2) is 2.67. The van der Waals surface area contributed by atoms with E-state index in [2.05, 4.69) is 31.7 Å². The molecule has 1 aliphatic heterocycles. The maximum absolute atomic E-state index is 5.35. The van der Waals surface area contributed by atoms with Crippen LogP contribution >= 0.6 is 0 Å². The van der Waals surface area contributed by atoms with Gasteiger partial charge in [0.1, 0.15) is 6.61 Å². The van der Waals surface area contributed by atoms with Crippen LogP contribution in [-0.2, 0) is 17.8 Å². The Morgan fingerprint density at radius 3 is 3.00 bits per heavy atom. The van der Waals surface area contributed by atoms with Crippen molar-refractivity contribution in [2.24, 2.45) is 0 Å². The van der Waals surface area contributed by atoms with E-state index in [1.807, 2.05) is 0 Å². The average Bonchev–Trinajstić information content (AvgIpc) is 2.03. The van der Waals surface area contributed by atoms with Gasteiger partial charge in [-0.3, -0.25) is 0 Å². The normalized spacial score (nSPS) is 15.2. The Hall–Kier alpha value is -1.24. The van der Waals surface area contributed by atoms with Crippen LogP contribution in [0.2, 0.25) is 0 Å². The van der Waals surface area contributed by atoms with Crippen LogP contribution in [0.15, 0.2) is 30.5 Å². The molecule has 0 N–H and O–H groups in total. The zero-order valence-electron chi connectivity index (χ0n) is 7.26. The highest BCUT2D eigenvalue weighted by atomic mass is 16.5. The zero-order chi connectivity index (χ0) is 8.55. The van der Waals surface area contributed by atoms with Gasteiger partial charge in [0.05, 0.1) is 5.76 Å². The van der Waals surface area contributed by atoms with Crippen molar-refractivity contribution in [2.75, 3.05) is 0 Å². The molecule has 0 unspecified atom stereocenters. The molecule has 0 aromatic heterocycles. The highest BCUT2D eigenvalue weighted by molar-refractivity contribution is 5.34. The first-order valence-electron chi connectivity index (χ1n) is 4.15. The van der Waals surface area contributed by atoms with Gasteiger partial charge in [-0.1, -0.05) is 30.3 Å². The van der Waals surface area contributed by atoms with Gasteiger partial charge in [-0.2, -0.15) is 0 Å². The maximum atomic E-state index is 5.35. The number of rotatable bonds is 0. The van der Waals surface area contributed by atoms with E-state index in [-0.39, 0.29) is 0 Å². The maximum Gasteiger partial charge on any atom is 0.113 e. The molecule has 12 heavy (non-hydrogen) atoms. The van der Waals surface area contributed by atoms with Crippen LogP contribution in [0.5, 0.6) is 0 Å². The molecule has 0 bridgehead atoms. The Labute approximate surface area is 72.7 Å². The van der Waals surface area contributed by atoms with Crippen molar-refractivity contribution in [3.63, 3.8) is 0 Å². The lowest BCUT2D eigenvalue weighted by Crippen LogP contribution is -2.07. The molecular weight excluding hydrogens is 148 g/mol. The van der Waals surface area contributed by atoms with E-state index >= 15 is 0 Å². The van der Waals surface area contributed by atoms with Crippen LogP contribution in [-0.4, -0.2) is 0 Å². The summed E-state index contributed by atoms with van der Waals surface area (Å²) >= 11 is 0. The highest BCUT2D eigenvalue weighted by Gasteiger charge is 2.11. The smallest absolute Gasteiger partial charge is 0.113 e. The molecular formula is C11H12O. The first-order chi connectivity index (χ1) is 5.75. The molecule has 62 valence electrons. The number of allylic oxidation sites excluding steroid dienone is 1. The molecule has 1 heterocycles. The molecule has 0 fully saturated rings. The van der Waals surface area contributed by atoms with Gasteiger partial charge in [-0.25, -0.2) is 0 Å². The number of benzene rings is 1. The minimum absolute atomic E-state index is 0.689. The molecule has 0 aliphatic carbocycles.